The van der Waals surface area contributed by atoms with Crippen molar-refractivity contribution in [2.24, 2.45) is 5.41 Å². The summed E-state index contributed by atoms with van der Waals surface area (Å²) in [6, 6.07) is 7.78. The fourth-order valence-corrected chi connectivity index (χ4v) is 4.49. The Hall–Kier alpha value is -3.16. The molecule has 8 nitrogen and oxygen atoms in total. The molecule has 2 heterocycles. The quantitative estimate of drug-likeness (QED) is 0.776. The molecule has 164 valence electrons. The van der Waals surface area contributed by atoms with E-state index in [1.165, 1.54) is 19.8 Å². The lowest BCUT2D eigenvalue weighted by Crippen LogP contribution is -2.45. The van der Waals surface area contributed by atoms with E-state index >= 15 is 0 Å². The van der Waals surface area contributed by atoms with E-state index in [-0.39, 0.29) is 11.8 Å². The van der Waals surface area contributed by atoms with Gasteiger partial charge in [-0.3, -0.25) is 9.59 Å². The van der Waals surface area contributed by atoms with Crippen LogP contribution >= 0.6 is 0 Å². The largest absolute Gasteiger partial charge is 0.351 e. The van der Waals surface area contributed by atoms with E-state index in [0.29, 0.717) is 18.5 Å². The smallest absolute Gasteiger partial charge is 0.234 e. The molecular weight excluding hydrogens is 392 g/mol. The van der Waals surface area contributed by atoms with E-state index < -0.39 is 5.41 Å². The van der Waals surface area contributed by atoms with Crippen molar-refractivity contribution in [3.63, 3.8) is 0 Å². The monoisotopic (exact) mass is 422 g/mol. The summed E-state index contributed by atoms with van der Waals surface area (Å²) in [6.45, 7) is 6.12. The van der Waals surface area contributed by atoms with E-state index in [2.05, 4.69) is 20.5 Å². The van der Waals surface area contributed by atoms with Crippen LogP contribution in [0, 0.1) is 5.41 Å². The van der Waals surface area contributed by atoms with Gasteiger partial charge in [-0.05, 0) is 51.0 Å². The maximum absolute atomic E-state index is 13.1. The molecule has 1 aromatic heterocycles. The highest BCUT2D eigenvalue weighted by Gasteiger charge is 2.41. The van der Waals surface area contributed by atoms with Crippen molar-refractivity contribution in [3.05, 3.63) is 30.5 Å². The normalized spacial score (nSPS) is 18.5. The Morgan fingerprint density at radius 3 is 2.42 bits per heavy atom. The third-order valence-corrected chi connectivity index (χ3v) is 6.06. The van der Waals surface area contributed by atoms with Gasteiger partial charge in [-0.1, -0.05) is 12.8 Å². The van der Waals surface area contributed by atoms with E-state index in [1.807, 2.05) is 38.1 Å². The van der Waals surface area contributed by atoms with Crippen LogP contribution in [0.3, 0.4) is 0 Å². The maximum Gasteiger partial charge on any atom is 0.234 e. The third kappa shape index (κ3) is 4.33. The average molecular weight is 423 g/mol. The van der Waals surface area contributed by atoms with Crippen molar-refractivity contribution in [2.45, 2.75) is 52.5 Å². The molecule has 2 amide bonds. The molecule has 1 aliphatic heterocycles. The van der Waals surface area contributed by atoms with Crippen LogP contribution in [0.1, 0.15) is 46.5 Å². The minimum absolute atomic E-state index is 0.0760. The van der Waals surface area contributed by atoms with Gasteiger partial charge < -0.3 is 20.4 Å². The number of nitrogens with zero attached hydrogens (tertiary/aromatic N) is 4. The number of aromatic nitrogens is 2. The van der Waals surface area contributed by atoms with Crippen LogP contribution in [0.2, 0.25) is 0 Å². The van der Waals surface area contributed by atoms with Crippen LogP contribution in [0.5, 0.6) is 0 Å². The summed E-state index contributed by atoms with van der Waals surface area (Å²) in [7, 11) is 1.80. The first kappa shape index (κ1) is 21.1. The third-order valence-electron chi connectivity index (χ3n) is 6.06. The Kier molecular flexibility index (Phi) is 5.56. The molecule has 0 spiro atoms. The molecule has 31 heavy (non-hydrogen) atoms. The zero-order chi connectivity index (χ0) is 22.2. The first-order valence-electron chi connectivity index (χ1n) is 10.8. The van der Waals surface area contributed by atoms with Gasteiger partial charge in [0.1, 0.15) is 5.69 Å². The molecule has 0 unspecified atom stereocenters. The maximum atomic E-state index is 13.1. The Bertz CT molecular complexity index is 982. The zero-order valence-corrected chi connectivity index (χ0v) is 18.6. The average Bonchev–Trinajstić information content (AvgIpc) is 3.24. The number of nitrogens with one attached hydrogen (secondary N) is 2. The van der Waals surface area contributed by atoms with Gasteiger partial charge in [0.15, 0.2) is 5.82 Å². The number of carbonyl (C=O) groups excluding carboxylic acids is 2. The van der Waals surface area contributed by atoms with Crippen molar-refractivity contribution in [3.8, 4) is 0 Å². The molecular formula is C23H30N6O2. The molecule has 0 atom stereocenters. The van der Waals surface area contributed by atoms with E-state index in [0.717, 1.165) is 35.7 Å². The molecule has 1 saturated carbocycles. The highest BCUT2D eigenvalue weighted by Crippen LogP contribution is 2.40. The van der Waals surface area contributed by atoms with E-state index in [1.54, 1.807) is 18.1 Å². The van der Waals surface area contributed by atoms with Gasteiger partial charge >= 0.3 is 0 Å². The van der Waals surface area contributed by atoms with Crippen molar-refractivity contribution >= 4 is 40.6 Å². The van der Waals surface area contributed by atoms with Crippen LogP contribution in [-0.2, 0) is 9.59 Å². The molecule has 2 aromatic rings. The second-order valence-corrected chi connectivity index (χ2v) is 9.10. The van der Waals surface area contributed by atoms with Crippen LogP contribution in [0.25, 0.3) is 0 Å². The predicted octanol–water partition coefficient (Wildman–Crippen LogP) is 3.93. The van der Waals surface area contributed by atoms with Crippen molar-refractivity contribution in [2.75, 3.05) is 34.0 Å². The van der Waals surface area contributed by atoms with E-state index in [9.17, 15) is 9.59 Å². The number of carbonyl (C=O) groups is 2. The summed E-state index contributed by atoms with van der Waals surface area (Å²) in [6.07, 6.45) is 6.38. The summed E-state index contributed by atoms with van der Waals surface area (Å²) in [5.41, 5.74) is 1.79. The molecule has 8 heteroatoms. The SMILES string of the molecule is CC(=O)Nc1ccc(Nc2ncc3c(n2)N(C2CCCC2)CC(C)(C)C(=O)N3C)cc1. The molecule has 1 aliphatic carbocycles. The molecule has 1 aromatic carbocycles. The number of hydrogen-bond acceptors (Lipinski definition) is 6. The zero-order valence-electron chi connectivity index (χ0n) is 18.6. The Morgan fingerprint density at radius 2 is 1.77 bits per heavy atom. The second-order valence-electron chi connectivity index (χ2n) is 9.10. The molecule has 0 saturated heterocycles. The molecule has 2 N–H and O–H groups in total. The van der Waals surface area contributed by atoms with Crippen molar-refractivity contribution in [1.82, 2.24) is 9.97 Å². The Balaban J connectivity index is 1.66. The number of hydrogen-bond donors (Lipinski definition) is 2. The number of benzene rings is 1. The summed E-state index contributed by atoms with van der Waals surface area (Å²) in [5.74, 6) is 1.26. The summed E-state index contributed by atoms with van der Waals surface area (Å²) < 4.78 is 0. The molecule has 1 fully saturated rings. The van der Waals surface area contributed by atoms with Crippen LogP contribution in [-0.4, -0.2) is 41.4 Å². The standard InChI is InChI=1S/C23H30N6O2/c1-15(30)25-16-9-11-17(12-10-16)26-22-24-13-19-20(27-22)29(18-7-5-6-8-18)14-23(2,3)21(31)28(19)4/h9-13,18H,5-8,14H2,1-4H3,(H,25,30)(H,24,26,27). The minimum atomic E-state index is -0.509. The Labute approximate surface area is 183 Å². The number of amides is 2. The van der Waals surface area contributed by atoms with Crippen LogP contribution in [0.4, 0.5) is 28.8 Å². The minimum Gasteiger partial charge on any atom is -0.351 e. The van der Waals surface area contributed by atoms with Gasteiger partial charge in [0, 0.05) is 37.9 Å². The summed E-state index contributed by atoms with van der Waals surface area (Å²) >= 11 is 0. The number of fused-ring (bicyclic) bond motifs is 1. The lowest BCUT2D eigenvalue weighted by molar-refractivity contribution is -0.125. The van der Waals surface area contributed by atoms with Crippen molar-refractivity contribution in [1.29, 1.82) is 0 Å². The van der Waals surface area contributed by atoms with Gasteiger partial charge in [0.05, 0.1) is 11.6 Å². The first-order chi connectivity index (χ1) is 14.7. The molecule has 0 bridgehead atoms. The molecule has 2 aliphatic rings. The first-order valence-corrected chi connectivity index (χ1v) is 10.8. The van der Waals surface area contributed by atoms with Crippen LogP contribution in [0.15, 0.2) is 30.5 Å². The lowest BCUT2D eigenvalue weighted by atomic mass is 9.91. The van der Waals surface area contributed by atoms with Gasteiger partial charge in [0.2, 0.25) is 17.8 Å². The van der Waals surface area contributed by atoms with Gasteiger partial charge in [-0.25, -0.2) is 4.98 Å². The Morgan fingerprint density at radius 1 is 1.13 bits per heavy atom. The van der Waals surface area contributed by atoms with Crippen LogP contribution < -0.4 is 20.4 Å². The lowest BCUT2D eigenvalue weighted by Gasteiger charge is -2.34. The molecule has 4 rings (SSSR count). The topological polar surface area (TPSA) is 90.5 Å². The predicted molar refractivity (Wildman–Crippen MR) is 123 cm³/mol. The highest BCUT2D eigenvalue weighted by molar-refractivity contribution is 6.00. The van der Waals surface area contributed by atoms with Gasteiger partial charge in [-0.2, -0.15) is 4.98 Å². The fraction of sp³-hybridized carbons (Fsp3) is 0.478. The van der Waals surface area contributed by atoms with E-state index in [4.69, 9.17) is 4.98 Å². The second kappa shape index (κ2) is 8.17. The van der Waals surface area contributed by atoms with Gasteiger partial charge in [-0.15, -0.1) is 0 Å². The summed E-state index contributed by atoms with van der Waals surface area (Å²) in [5, 5.41) is 6.00. The molecule has 0 radical (unpaired) electrons. The van der Waals surface area contributed by atoms with Crippen molar-refractivity contribution < 1.29 is 9.59 Å². The fourth-order valence-electron chi connectivity index (χ4n) is 4.49. The highest BCUT2D eigenvalue weighted by atomic mass is 16.2. The summed E-state index contributed by atoms with van der Waals surface area (Å²) in [4.78, 5) is 37.6. The number of rotatable bonds is 4. The number of anilines is 5. The van der Waals surface area contributed by atoms with Gasteiger partial charge in [0.25, 0.3) is 0 Å².